The van der Waals surface area contributed by atoms with E-state index in [1.54, 1.807) is 12.1 Å². The van der Waals surface area contributed by atoms with Gasteiger partial charge in [-0.1, -0.05) is 23.0 Å². The minimum Gasteiger partial charge on any atom is -0.393 e. The fourth-order valence-corrected chi connectivity index (χ4v) is 5.88. The molecule has 2 heterocycles. The van der Waals surface area contributed by atoms with Crippen LogP contribution in [0.25, 0.3) is 0 Å². The lowest BCUT2D eigenvalue weighted by Gasteiger charge is -2.37. The van der Waals surface area contributed by atoms with E-state index in [0.717, 1.165) is 51.5 Å². The lowest BCUT2D eigenvalue weighted by Crippen LogP contribution is -2.58. The minimum absolute atomic E-state index is 0.191. The summed E-state index contributed by atoms with van der Waals surface area (Å²) in [5.74, 6) is 0.0974. The molecule has 0 saturated carbocycles. The van der Waals surface area contributed by atoms with Gasteiger partial charge in [0.25, 0.3) is 0 Å². The molecule has 0 radical (unpaired) electrons. The Morgan fingerprint density at radius 1 is 0.944 bits per heavy atom. The van der Waals surface area contributed by atoms with Crippen LogP contribution in [0, 0.1) is 5.82 Å². The van der Waals surface area contributed by atoms with Crippen LogP contribution in [-0.4, -0.2) is 76.7 Å². The maximum Gasteiger partial charge on any atom is 0.184 e. The van der Waals surface area contributed by atoms with Gasteiger partial charge in [-0.25, -0.2) is 4.39 Å². The molecule has 2 aromatic carbocycles. The summed E-state index contributed by atoms with van der Waals surface area (Å²) in [7, 11) is 0. The van der Waals surface area contributed by atoms with Crippen molar-refractivity contribution in [1.82, 2.24) is 0 Å². The number of benzene rings is 2. The number of halogens is 1. The van der Waals surface area contributed by atoms with E-state index in [1.807, 2.05) is 12.1 Å². The monoisotopic (exact) mass is 519 g/mol. The van der Waals surface area contributed by atoms with Gasteiger partial charge >= 0.3 is 0 Å². The first-order valence-corrected chi connectivity index (χ1v) is 13.0. The highest BCUT2D eigenvalue weighted by Gasteiger charge is 2.43. The molecule has 2 aliphatic heterocycles. The van der Waals surface area contributed by atoms with Gasteiger partial charge in [-0.05, 0) is 73.1 Å². The van der Waals surface area contributed by atoms with Gasteiger partial charge in [0.2, 0.25) is 0 Å². The predicted octanol–water partition coefficient (Wildman–Crippen LogP) is 2.34. The molecule has 0 aromatic heterocycles. The Morgan fingerprint density at radius 3 is 2.56 bits per heavy atom. The van der Waals surface area contributed by atoms with E-state index in [1.165, 1.54) is 11.8 Å². The first-order valence-electron chi connectivity index (χ1n) is 12.1. The summed E-state index contributed by atoms with van der Waals surface area (Å²) in [6, 6.07) is 11.3. The van der Waals surface area contributed by atoms with Gasteiger partial charge in [-0.2, -0.15) is 0 Å². The third-order valence-electron chi connectivity index (χ3n) is 6.94. The zero-order chi connectivity index (χ0) is 25.2. The van der Waals surface area contributed by atoms with Gasteiger partial charge in [-0.3, -0.25) is 0 Å². The Balaban J connectivity index is 1.23. The number of aryl methyl sites for hydroxylation is 1. The van der Waals surface area contributed by atoms with Crippen molar-refractivity contribution in [2.45, 2.75) is 72.1 Å². The molecule has 36 heavy (non-hydrogen) atoms. The lowest BCUT2D eigenvalue weighted by molar-refractivity contribution is -0.288. The number of oxime groups is 1. The molecule has 4 N–H and O–H groups in total. The summed E-state index contributed by atoms with van der Waals surface area (Å²) < 4.78 is 24.9. The van der Waals surface area contributed by atoms with E-state index in [4.69, 9.17) is 14.3 Å². The van der Waals surface area contributed by atoms with Crippen LogP contribution < -0.4 is 0 Å². The van der Waals surface area contributed by atoms with Crippen molar-refractivity contribution < 1.29 is 39.1 Å². The Bertz CT molecular complexity index is 1110. The van der Waals surface area contributed by atoms with E-state index in [-0.39, 0.29) is 12.4 Å². The van der Waals surface area contributed by atoms with Gasteiger partial charge in [-0.15, -0.1) is 0 Å². The maximum absolute atomic E-state index is 14.4. The molecule has 8 nitrogen and oxygen atoms in total. The topological polar surface area (TPSA) is 121 Å². The molecule has 2 fully saturated rings. The zero-order valence-electron chi connectivity index (χ0n) is 19.6. The quantitative estimate of drug-likeness (QED) is 0.429. The standard InChI is InChI=1S/C26H30FNO7S/c27-17-9-16(14-5-7-33-8-6-14)11-19(12-17)36-18-2-3-20-15(10-18)1-4-21(20)28-34-13-22-23(29)24(30)25(31)26(32)35-22/h2-3,9-12,14,22-26,29-32H,1,4-8,13H2/b28-21+/t22-,23+,24+,25-,26?/m1/s1. The Kier molecular flexibility index (Phi) is 7.92. The zero-order valence-corrected chi connectivity index (χ0v) is 20.4. The SMILES string of the molecule is OC1O[C@H](CO/N=C2\CCc3cc(Sc4cc(F)cc(C5CCOCC5)c4)ccc32)[C@H](O)[C@H](O)[C@H]1O. The number of fused-ring (bicyclic) bond motifs is 1. The first-order chi connectivity index (χ1) is 17.4. The van der Waals surface area contributed by atoms with E-state index >= 15 is 0 Å². The lowest BCUT2D eigenvalue weighted by atomic mass is 9.92. The van der Waals surface area contributed by atoms with Crippen LogP contribution >= 0.6 is 11.8 Å². The molecule has 0 amide bonds. The number of hydrogen-bond donors (Lipinski definition) is 4. The van der Waals surface area contributed by atoms with Gasteiger partial charge < -0.3 is 34.7 Å². The molecular weight excluding hydrogens is 489 g/mol. The molecule has 2 saturated heterocycles. The minimum atomic E-state index is -1.61. The van der Waals surface area contributed by atoms with E-state index in [2.05, 4.69) is 17.3 Å². The van der Waals surface area contributed by atoms with Crippen LogP contribution in [0.5, 0.6) is 0 Å². The molecule has 194 valence electrons. The normalized spacial score (nSPS) is 29.9. The van der Waals surface area contributed by atoms with E-state index in [0.29, 0.717) is 25.6 Å². The van der Waals surface area contributed by atoms with Gasteiger partial charge in [0.05, 0.1) is 5.71 Å². The van der Waals surface area contributed by atoms with Gasteiger partial charge in [0.15, 0.2) is 6.29 Å². The number of aliphatic hydroxyl groups is 4. The summed E-state index contributed by atoms with van der Waals surface area (Å²) in [6.45, 7) is 1.23. The number of ether oxygens (including phenoxy) is 2. The average Bonchev–Trinajstić information content (AvgIpc) is 3.28. The number of rotatable bonds is 6. The molecule has 3 aliphatic rings. The van der Waals surface area contributed by atoms with Crippen molar-refractivity contribution in [3.63, 3.8) is 0 Å². The van der Waals surface area contributed by atoms with Crippen molar-refractivity contribution >= 4 is 17.5 Å². The van der Waals surface area contributed by atoms with Crippen LogP contribution in [0.1, 0.15) is 41.9 Å². The molecule has 2 aromatic rings. The summed E-state index contributed by atoms with van der Waals surface area (Å²) >= 11 is 1.53. The number of nitrogens with zero attached hydrogens (tertiary/aromatic N) is 1. The van der Waals surface area contributed by atoms with Crippen LogP contribution in [0.2, 0.25) is 0 Å². The number of aliphatic hydroxyl groups excluding tert-OH is 4. The van der Waals surface area contributed by atoms with Crippen LogP contribution in [0.3, 0.4) is 0 Å². The summed E-state index contributed by atoms with van der Waals surface area (Å²) in [4.78, 5) is 7.25. The molecule has 0 bridgehead atoms. The number of hydrogen-bond acceptors (Lipinski definition) is 9. The smallest absolute Gasteiger partial charge is 0.184 e. The summed E-state index contributed by atoms with van der Waals surface area (Å²) in [6.07, 6.45) is -3.89. The molecule has 0 spiro atoms. The fourth-order valence-electron chi connectivity index (χ4n) is 4.91. The highest BCUT2D eigenvalue weighted by molar-refractivity contribution is 7.99. The average molecular weight is 520 g/mol. The molecule has 1 unspecified atom stereocenters. The second-order valence-corrected chi connectivity index (χ2v) is 10.5. The summed E-state index contributed by atoms with van der Waals surface area (Å²) in [5, 5.41) is 43.2. The highest BCUT2D eigenvalue weighted by atomic mass is 32.2. The molecule has 5 atom stereocenters. The van der Waals surface area contributed by atoms with Gasteiger partial charge in [0.1, 0.15) is 36.8 Å². The third kappa shape index (κ3) is 5.60. The molecule has 5 rings (SSSR count). The third-order valence-corrected chi connectivity index (χ3v) is 7.90. The fraction of sp³-hybridized carbons (Fsp3) is 0.500. The Morgan fingerprint density at radius 2 is 1.75 bits per heavy atom. The summed E-state index contributed by atoms with van der Waals surface area (Å²) in [5.41, 5.74) is 3.85. The molecule has 1 aliphatic carbocycles. The van der Waals surface area contributed by atoms with Crippen molar-refractivity contribution in [2.24, 2.45) is 5.16 Å². The Labute approximate surface area is 212 Å². The van der Waals surface area contributed by atoms with Crippen LogP contribution in [-0.2, 0) is 20.7 Å². The van der Waals surface area contributed by atoms with E-state index < -0.39 is 30.7 Å². The van der Waals surface area contributed by atoms with Crippen molar-refractivity contribution in [2.75, 3.05) is 19.8 Å². The second-order valence-electron chi connectivity index (χ2n) is 9.40. The second kappa shape index (κ2) is 11.1. The highest BCUT2D eigenvalue weighted by Crippen LogP contribution is 2.36. The maximum atomic E-state index is 14.4. The van der Waals surface area contributed by atoms with Crippen molar-refractivity contribution in [3.8, 4) is 0 Å². The van der Waals surface area contributed by atoms with Crippen molar-refractivity contribution in [1.29, 1.82) is 0 Å². The molecular formula is C26H30FNO7S. The van der Waals surface area contributed by atoms with Crippen molar-refractivity contribution in [3.05, 3.63) is 58.9 Å². The predicted molar refractivity (Wildman–Crippen MR) is 129 cm³/mol. The van der Waals surface area contributed by atoms with Gasteiger partial charge in [0, 0.05) is 28.6 Å². The molecule has 10 heteroatoms. The van der Waals surface area contributed by atoms with Crippen LogP contribution in [0.15, 0.2) is 51.3 Å². The largest absolute Gasteiger partial charge is 0.393 e. The first kappa shape index (κ1) is 25.6. The van der Waals surface area contributed by atoms with E-state index in [9.17, 15) is 24.8 Å². The van der Waals surface area contributed by atoms with Crippen LogP contribution in [0.4, 0.5) is 4.39 Å². The Hall–Kier alpha value is -2.05.